The molecule has 1 aliphatic rings. The van der Waals surface area contributed by atoms with Gasteiger partial charge in [0.1, 0.15) is 0 Å². The molecule has 1 amide bonds. The molecule has 1 aliphatic heterocycles. The van der Waals surface area contributed by atoms with Crippen LogP contribution in [0, 0.1) is 0 Å². The third-order valence-corrected chi connectivity index (χ3v) is 4.51. The fourth-order valence-corrected chi connectivity index (χ4v) is 3.82. The SMILES string of the molecule is CC1(C)CC(=NNC(=O)c2ccccc2Nc2ccccc2)CC(C)(C)N1. The van der Waals surface area contributed by atoms with Gasteiger partial charge >= 0.3 is 0 Å². The number of hydrogen-bond donors (Lipinski definition) is 3. The fraction of sp³-hybridized carbons (Fsp3) is 0.364. The molecule has 3 rings (SSSR count). The van der Waals surface area contributed by atoms with Crippen LogP contribution in [0.4, 0.5) is 11.4 Å². The minimum Gasteiger partial charge on any atom is -0.355 e. The van der Waals surface area contributed by atoms with Crippen LogP contribution in [0.25, 0.3) is 0 Å². The van der Waals surface area contributed by atoms with Gasteiger partial charge in [-0.15, -0.1) is 0 Å². The predicted octanol–water partition coefficient (Wildman–Crippen LogP) is 4.46. The summed E-state index contributed by atoms with van der Waals surface area (Å²) in [6, 6.07) is 17.3. The summed E-state index contributed by atoms with van der Waals surface area (Å²) in [5.41, 5.74) is 5.93. The largest absolute Gasteiger partial charge is 0.355 e. The Morgan fingerprint density at radius 1 is 0.926 bits per heavy atom. The predicted molar refractivity (Wildman–Crippen MR) is 112 cm³/mol. The van der Waals surface area contributed by atoms with Crippen molar-refractivity contribution in [3.8, 4) is 0 Å². The number of benzene rings is 2. The van der Waals surface area contributed by atoms with Gasteiger partial charge in [0.25, 0.3) is 5.91 Å². The van der Waals surface area contributed by atoms with Crippen LogP contribution in [0.1, 0.15) is 50.9 Å². The number of carbonyl (C=O) groups excluding carboxylic acids is 1. The monoisotopic (exact) mass is 364 g/mol. The highest BCUT2D eigenvalue weighted by Crippen LogP contribution is 2.26. The molecule has 0 radical (unpaired) electrons. The number of nitrogens with one attached hydrogen (secondary N) is 3. The van der Waals surface area contributed by atoms with Gasteiger partial charge in [0.2, 0.25) is 0 Å². The van der Waals surface area contributed by atoms with Gasteiger partial charge in [-0.2, -0.15) is 5.10 Å². The highest BCUT2D eigenvalue weighted by Gasteiger charge is 2.35. The highest BCUT2D eigenvalue weighted by atomic mass is 16.2. The van der Waals surface area contributed by atoms with Crippen molar-refractivity contribution in [1.82, 2.24) is 10.7 Å². The molecule has 0 unspecified atom stereocenters. The molecular weight excluding hydrogens is 336 g/mol. The Balaban J connectivity index is 1.75. The molecule has 142 valence electrons. The first-order valence-electron chi connectivity index (χ1n) is 9.30. The second kappa shape index (κ2) is 7.53. The van der Waals surface area contributed by atoms with E-state index in [2.05, 4.69) is 48.9 Å². The molecular formula is C22H28N4O. The Labute approximate surface area is 161 Å². The number of carbonyl (C=O) groups is 1. The Hall–Kier alpha value is -2.66. The second-order valence-corrected chi connectivity index (χ2v) is 8.40. The van der Waals surface area contributed by atoms with E-state index in [1.807, 2.05) is 48.5 Å². The number of nitrogens with zero attached hydrogens (tertiary/aromatic N) is 1. The van der Waals surface area contributed by atoms with Crippen molar-refractivity contribution in [1.29, 1.82) is 0 Å². The van der Waals surface area contributed by atoms with Gasteiger partial charge in [-0.3, -0.25) is 4.79 Å². The average Bonchev–Trinajstić information content (AvgIpc) is 2.58. The number of anilines is 2. The van der Waals surface area contributed by atoms with Crippen LogP contribution >= 0.6 is 0 Å². The molecule has 1 saturated heterocycles. The van der Waals surface area contributed by atoms with Crippen molar-refractivity contribution in [2.24, 2.45) is 5.10 Å². The Morgan fingerprint density at radius 3 is 2.19 bits per heavy atom. The van der Waals surface area contributed by atoms with Gasteiger partial charge in [-0.25, -0.2) is 5.43 Å². The Morgan fingerprint density at radius 2 is 1.52 bits per heavy atom. The van der Waals surface area contributed by atoms with Crippen LogP contribution in [0.15, 0.2) is 59.7 Å². The van der Waals surface area contributed by atoms with E-state index in [0.29, 0.717) is 5.56 Å². The molecule has 27 heavy (non-hydrogen) atoms. The smallest absolute Gasteiger partial charge is 0.273 e. The van der Waals surface area contributed by atoms with Crippen LogP contribution in [-0.4, -0.2) is 22.7 Å². The van der Waals surface area contributed by atoms with Gasteiger partial charge < -0.3 is 10.6 Å². The Kier molecular flexibility index (Phi) is 5.33. The molecule has 1 fully saturated rings. The number of amides is 1. The summed E-state index contributed by atoms with van der Waals surface area (Å²) < 4.78 is 0. The molecule has 0 saturated carbocycles. The van der Waals surface area contributed by atoms with Gasteiger partial charge in [-0.05, 0) is 52.0 Å². The molecule has 3 N–H and O–H groups in total. The van der Waals surface area contributed by atoms with Gasteiger partial charge in [-0.1, -0.05) is 30.3 Å². The van der Waals surface area contributed by atoms with Crippen LogP contribution in [0.2, 0.25) is 0 Å². The summed E-state index contributed by atoms with van der Waals surface area (Å²) in [5, 5.41) is 11.4. The number of hydrazone groups is 1. The average molecular weight is 364 g/mol. The summed E-state index contributed by atoms with van der Waals surface area (Å²) in [6.45, 7) is 8.63. The molecule has 0 atom stereocenters. The molecule has 5 nitrogen and oxygen atoms in total. The highest BCUT2D eigenvalue weighted by molar-refractivity contribution is 6.01. The molecule has 0 aliphatic carbocycles. The lowest BCUT2D eigenvalue weighted by atomic mass is 9.81. The lowest BCUT2D eigenvalue weighted by Gasteiger charge is -2.43. The van der Waals surface area contributed by atoms with E-state index in [9.17, 15) is 4.79 Å². The molecule has 2 aromatic rings. The van der Waals surface area contributed by atoms with Crippen molar-refractivity contribution < 1.29 is 4.79 Å². The van der Waals surface area contributed by atoms with Crippen molar-refractivity contribution in [2.75, 3.05) is 5.32 Å². The lowest BCUT2D eigenvalue weighted by Crippen LogP contribution is -2.58. The van der Waals surface area contributed by atoms with E-state index in [1.54, 1.807) is 6.07 Å². The summed E-state index contributed by atoms with van der Waals surface area (Å²) in [7, 11) is 0. The zero-order valence-electron chi connectivity index (χ0n) is 16.5. The van der Waals surface area contributed by atoms with E-state index >= 15 is 0 Å². The van der Waals surface area contributed by atoms with E-state index in [4.69, 9.17) is 0 Å². The van der Waals surface area contributed by atoms with Crippen LogP contribution in [-0.2, 0) is 0 Å². The molecule has 0 aromatic heterocycles. The van der Waals surface area contributed by atoms with Crippen molar-refractivity contribution >= 4 is 23.0 Å². The number of piperidine rings is 1. The summed E-state index contributed by atoms with van der Waals surface area (Å²) >= 11 is 0. The van der Waals surface area contributed by atoms with E-state index < -0.39 is 0 Å². The maximum atomic E-state index is 12.7. The van der Waals surface area contributed by atoms with Crippen molar-refractivity contribution in [3.05, 3.63) is 60.2 Å². The minimum atomic E-state index is -0.212. The summed E-state index contributed by atoms with van der Waals surface area (Å²) in [4.78, 5) is 12.7. The first kappa shape index (κ1) is 19.1. The van der Waals surface area contributed by atoms with E-state index in [1.165, 1.54) is 0 Å². The number of rotatable bonds is 4. The molecule has 5 heteroatoms. The van der Waals surface area contributed by atoms with Gasteiger partial charge in [0.15, 0.2) is 0 Å². The second-order valence-electron chi connectivity index (χ2n) is 8.40. The normalized spacial score (nSPS) is 17.9. The van der Waals surface area contributed by atoms with Crippen LogP contribution in [0.3, 0.4) is 0 Å². The standard InChI is InChI=1S/C22H28N4O/c1-21(2)14-17(15-22(3,4)26-21)24-25-20(27)18-12-8-9-13-19(18)23-16-10-6-5-7-11-16/h5-13,23,26H,14-15H2,1-4H3,(H,25,27). The zero-order valence-corrected chi connectivity index (χ0v) is 16.5. The number of hydrogen-bond acceptors (Lipinski definition) is 4. The van der Waals surface area contributed by atoms with Gasteiger partial charge in [0, 0.05) is 35.3 Å². The first-order valence-corrected chi connectivity index (χ1v) is 9.30. The first-order chi connectivity index (χ1) is 12.7. The van der Waals surface area contributed by atoms with E-state index in [0.717, 1.165) is 29.9 Å². The number of para-hydroxylation sites is 2. The topological polar surface area (TPSA) is 65.5 Å². The minimum absolute atomic E-state index is 0.0436. The quantitative estimate of drug-likeness (QED) is 0.702. The third kappa shape index (κ3) is 5.17. The van der Waals surface area contributed by atoms with Gasteiger partial charge in [0.05, 0.1) is 11.3 Å². The van der Waals surface area contributed by atoms with E-state index in [-0.39, 0.29) is 17.0 Å². The van der Waals surface area contributed by atoms with Crippen molar-refractivity contribution in [2.45, 2.75) is 51.6 Å². The molecule has 2 aromatic carbocycles. The fourth-order valence-electron chi connectivity index (χ4n) is 3.82. The third-order valence-electron chi connectivity index (χ3n) is 4.51. The Bertz CT molecular complexity index is 822. The lowest BCUT2D eigenvalue weighted by molar-refractivity contribution is 0.0954. The van der Waals surface area contributed by atoms with Crippen molar-refractivity contribution in [3.63, 3.8) is 0 Å². The molecule has 0 spiro atoms. The molecule has 1 heterocycles. The summed E-state index contributed by atoms with van der Waals surface area (Å²) in [6.07, 6.45) is 1.61. The molecule has 0 bridgehead atoms. The van der Waals surface area contributed by atoms with Crippen LogP contribution < -0.4 is 16.1 Å². The summed E-state index contributed by atoms with van der Waals surface area (Å²) in [5.74, 6) is -0.212. The van der Waals surface area contributed by atoms with Crippen LogP contribution in [0.5, 0.6) is 0 Å². The maximum Gasteiger partial charge on any atom is 0.273 e. The maximum absolute atomic E-state index is 12.7. The zero-order chi connectivity index (χ0) is 19.5.